The lowest BCUT2D eigenvalue weighted by atomic mass is 10.1. The molecule has 0 unspecified atom stereocenters. The third-order valence-electron chi connectivity index (χ3n) is 3.71. The number of para-hydroxylation sites is 1. The average Bonchev–Trinajstić information content (AvgIpc) is 2.52. The lowest BCUT2D eigenvalue weighted by molar-refractivity contribution is -0.116. The second kappa shape index (κ2) is 7.64. The maximum Gasteiger partial charge on any atom is 0.246 e. The number of rotatable bonds is 5. The van der Waals surface area contributed by atoms with Gasteiger partial charge in [-0.05, 0) is 56.2 Å². The lowest BCUT2D eigenvalue weighted by Gasteiger charge is -2.18. The Kier molecular flexibility index (Phi) is 5.58. The van der Waals surface area contributed by atoms with Gasteiger partial charge in [0.1, 0.15) is 6.04 Å². The van der Waals surface area contributed by atoms with Crippen molar-refractivity contribution >= 4 is 28.9 Å². The predicted octanol–water partition coefficient (Wildman–Crippen LogP) is 3.70. The van der Waals surface area contributed by atoms with Crippen LogP contribution in [0.1, 0.15) is 25.0 Å². The molecule has 0 aromatic heterocycles. The van der Waals surface area contributed by atoms with Crippen LogP contribution in [0, 0.1) is 13.8 Å². The summed E-state index contributed by atoms with van der Waals surface area (Å²) in [5, 5.41) is 8.84. The molecule has 126 valence electrons. The first kappa shape index (κ1) is 17.5. The Hall–Kier alpha value is -2.82. The maximum atomic E-state index is 12.4. The molecule has 0 aliphatic rings. The molecule has 0 saturated heterocycles. The van der Waals surface area contributed by atoms with Crippen molar-refractivity contribution < 1.29 is 9.59 Å². The Balaban J connectivity index is 2.00. The number of amides is 2. The number of carbonyl (C=O) groups is 2. The number of carbonyl (C=O) groups excluding carboxylic acids is 2. The summed E-state index contributed by atoms with van der Waals surface area (Å²) in [7, 11) is 0. The smallest absolute Gasteiger partial charge is 0.246 e. The summed E-state index contributed by atoms with van der Waals surface area (Å²) in [6.45, 7) is 7.22. The Morgan fingerprint density at radius 2 is 1.42 bits per heavy atom. The first-order valence-electron chi connectivity index (χ1n) is 7.88. The Morgan fingerprint density at radius 1 is 0.875 bits per heavy atom. The highest BCUT2D eigenvalue weighted by atomic mass is 16.2. The normalized spacial score (nSPS) is 11.5. The fourth-order valence-electron chi connectivity index (χ4n) is 2.41. The van der Waals surface area contributed by atoms with E-state index in [1.54, 1.807) is 12.1 Å². The molecule has 0 radical (unpaired) electrons. The van der Waals surface area contributed by atoms with Gasteiger partial charge >= 0.3 is 0 Å². The highest BCUT2D eigenvalue weighted by Crippen LogP contribution is 2.20. The molecular weight excluding hydrogens is 302 g/mol. The summed E-state index contributed by atoms with van der Waals surface area (Å²) in [5.41, 5.74) is 4.47. The van der Waals surface area contributed by atoms with Gasteiger partial charge in [-0.3, -0.25) is 9.59 Å². The third-order valence-corrected chi connectivity index (χ3v) is 3.71. The zero-order valence-electron chi connectivity index (χ0n) is 14.4. The van der Waals surface area contributed by atoms with Crippen LogP contribution in [-0.4, -0.2) is 17.9 Å². The van der Waals surface area contributed by atoms with E-state index >= 15 is 0 Å². The first-order valence-corrected chi connectivity index (χ1v) is 7.88. The van der Waals surface area contributed by atoms with E-state index in [9.17, 15) is 9.59 Å². The number of nitrogens with one attached hydrogen (secondary N) is 3. The van der Waals surface area contributed by atoms with Gasteiger partial charge in [0.2, 0.25) is 11.8 Å². The van der Waals surface area contributed by atoms with Crippen LogP contribution >= 0.6 is 0 Å². The van der Waals surface area contributed by atoms with E-state index in [0.29, 0.717) is 0 Å². The zero-order valence-corrected chi connectivity index (χ0v) is 14.4. The van der Waals surface area contributed by atoms with Crippen LogP contribution < -0.4 is 16.0 Å². The van der Waals surface area contributed by atoms with Crippen LogP contribution in [0.2, 0.25) is 0 Å². The van der Waals surface area contributed by atoms with Gasteiger partial charge in [0.05, 0.1) is 0 Å². The monoisotopic (exact) mass is 325 g/mol. The Morgan fingerprint density at radius 3 is 1.96 bits per heavy atom. The summed E-state index contributed by atoms with van der Waals surface area (Å²) < 4.78 is 0. The second-order valence-corrected chi connectivity index (χ2v) is 5.88. The van der Waals surface area contributed by atoms with Crippen LogP contribution in [0.5, 0.6) is 0 Å². The second-order valence-electron chi connectivity index (χ2n) is 5.88. The van der Waals surface area contributed by atoms with Gasteiger partial charge in [0.15, 0.2) is 0 Å². The quantitative estimate of drug-likeness (QED) is 0.785. The molecule has 0 aliphatic heterocycles. The molecule has 0 saturated carbocycles. The number of hydrogen-bond acceptors (Lipinski definition) is 3. The third kappa shape index (κ3) is 4.59. The highest BCUT2D eigenvalue weighted by molar-refractivity contribution is 5.97. The van der Waals surface area contributed by atoms with Crippen LogP contribution in [0.3, 0.4) is 0 Å². The fraction of sp³-hybridized carbons (Fsp3) is 0.263. The van der Waals surface area contributed by atoms with E-state index in [4.69, 9.17) is 0 Å². The van der Waals surface area contributed by atoms with E-state index in [1.807, 2.05) is 51.1 Å². The largest absolute Gasteiger partial charge is 0.374 e. The maximum absolute atomic E-state index is 12.4. The summed E-state index contributed by atoms with van der Waals surface area (Å²) in [6, 6.07) is 12.8. The summed E-state index contributed by atoms with van der Waals surface area (Å²) in [4.78, 5) is 23.4. The van der Waals surface area contributed by atoms with Gasteiger partial charge in [-0.15, -0.1) is 0 Å². The highest BCUT2D eigenvalue weighted by Gasteiger charge is 2.14. The van der Waals surface area contributed by atoms with Gasteiger partial charge in [0.25, 0.3) is 0 Å². The first-order chi connectivity index (χ1) is 11.4. The predicted molar refractivity (Wildman–Crippen MR) is 98.4 cm³/mol. The van der Waals surface area contributed by atoms with E-state index in [1.165, 1.54) is 6.92 Å². The molecule has 0 spiro atoms. The lowest BCUT2D eigenvalue weighted by Crippen LogP contribution is -2.32. The van der Waals surface area contributed by atoms with Crippen LogP contribution in [0.25, 0.3) is 0 Å². The topological polar surface area (TPSA) is 70.2 Å². The summed E-state index contributed by atoms with van der Waals surface area (Å²) in [5.74, 6) is -0.213. The van der Waals surface area contributed by atoms with Crippen molar-refractivity contribution in [1.29, 1.82) is 0 Å². The van der Waals surface area contributed by atoms with Crippen LogP contribution in [0.4, 0.5) is 17.1 Å². The van der Waals surface area contributed by atoms with Crippen molar-refractivity contribution in [3.8, 4) is 0 Å². The minimum atomic E-state index is -0.393. The van der Waals surface area contributed by atoms with Crippen molar-refractivity contribution in [3.63, 3.8) is 0 Å². The molecule has 0 aliphatic carbocycles. The molecule has 0 bridgehead atoms. The number of aryl methyl sites for hydroxylation is 2. The minimum Gasteiger partial charge on any atom is -0.374 e. The molecule has 24 heavy (non-hydrogen) atoms. The molecule has 2 amide bonds. The van der Waals surface area contributed by atoms with Gasteiger partial charge in [-0.1, -0.05) is 18.2 Å². The molecule has 5 heteroatoms. The average molecular weight is 325 g/mol. The van der Waals surface area contributed by atoms with Gasteiger partial charge in [0, 0.05) is 24.0 Å². The number of benzene rings is 2. The Labute approximate surface area is 142 Å². The van der Waals surface area contributed by atoms with Gasteiger partial charge in [-0.2, -0.15) is 0 Å². The van der Waals surface area contributed by atoms with Crippen molar-refractivity contribution in [1.82, 2.24) is 0 Å². The van der Waals surface area contributed by atoms with E-state index in [2.05, 4.69) is 16.0 Å². The zero-order chi connectivity index (χ0) is 17.7. The minimum absolute atomic E-state index is 0.0988. The molecular formula is C19H23N3O2. The molecule has 0 heterocycles. The Bertz CT molecular complexity index is 719. The van der Waals surface area contributed by atoms with E-state index in [0.717, 1.165) is 28.2 Å². The molecule has 3 N–H and O–H groups in total. The summed E-state index contributed by atoms with van der Waals surface area (Å²) >= 11 is 0. The molecule has 2 aromatic rings. The van der Waals surface area contributed by atoms with Crippen LogP contribution in [-0.2, 0) is 9.59 Å². The van der Waals surface area contributed by atoms with Crippen molar-refractivity contribution in [2.75, 3.05) is 16.0 Å². The molecule has 2 rings (SSSR count). The molecule has 2 aromatic carbocycles. The molecule has 0 fully saturated rings. The van der Waals surface area contributed by atoms with Crippen molar-refractivity contribution in [3.05, 3.63) is 53.6 Å². The SMILES string of the molecule is CC(=O)Nc1ccc(N[C@@H](C)C(=O)Nc2c(C)cccc2C)cc1. The summed E-state index contributed by atoms with van der Waals surface area (Å²) in [6.07, 6.45) is 0. The van der Waals surface area contributed by atoms with Gasteiger partial charge in [-0.25, -0.2) is 0 Å². The molecule has 5 nitrogen and oxygen atoms in total. The standard InChI is InChI=1S/C19H23N3O2/c1-12-6-5-7-13(2)18(12)22-19(24)14(3)20-16-8-10-17(11-9-16)21-15(4)23/h5-11,14,20H,1-4H3,(H,21,23)(H,22,24)/t14-/m0/s1. The van der Waals surface area contributed by atoms with E-state index in [-0.39, 0.29) is 11.8 Å². The van der Waals surface area contributed by atoms with Crippen molar-refractivity contribution in [2.24, 2.45) is 0 Å². The van der Waals surface area contributed by atoms with Gasteiger partial charge < -0.3 is 16.0 Å². The van der Waals surface area contributed by atoms with Crippen molar-refractivity contribution in [2.45, 2.75) is 33.7 Å². The molecule has 1 atom stereocenters. The van der Waals surface area contributed by atoms with Crippen LogP contribution in [0.15, 0.2) is 42.5 Å². The number of hydrogen-bond donors (Lipinski definition) is 3. The fourth-order valence-corrected chi connectivity index (χ4v) is 2.41. The number of anilines is 3. The van der Waals surface area contributed by atoms with E-state index < -0.39 is 6.04 Å².